The topological polar surface area (TPSA) is 90.0 Å². The van der Waals surface area contributed by atoms with E-state index in [2.05, 4.69) is 5.32 Å². The van der Waals surface area contributed by atoms with Crippen molar-refractivity contribution < 1.29 is 19.5 Å². The number of carboxylic acids is 1. The SMILES string of the molecule is CN(C)C(=O)CCNC(=O)N1CCCC(C)(C)C1C(=O)O. The molecular weight excluding hydrogens is 274 g/mol. The maximum Gasteiger partial charge on any atom is 0.327 e. The monoisotopic (exact) mass is 299 g/mol. The molecule has 1 fully saturated rings. The molecule has 1 saturated heterocycles. The summed E-state index contributed by atoms with van der Waals surface area (Å²) in [5.74, 6) is -1.07. The second kappa shape index (κ2) is 6.78. The predicted molar refractivity (Wildman–Crippen MR) is 77.9 cm³/mol. The van der Waals surface area contributed by atoms with Gasteiger partial charge in [0, 0.05) is 33.6 Å². The molecule has 2 N–H and O–H groups in total. The molecular formula is C14H25N3O4. The number of amides is 3. The molecule has 1 aliphatic heterocycles. The molecule has 0 radical (unpaired) electrons. The molecule has 0 saturated carbocycles. The van der Waals surface area contributed by atoms with Gasteiger partial charge in [0.25, 0.3) is 0 Å². The molecule has 1 heterocycles. The maximum atomic E-state index is 12.2. The smallest absolute Gasteiger partial charge is 0.327 e. The van der Waals surface area contributed by atoms with E-state index in [4.69, 9.17) is 0 Å². The number of likely N-dealkylation sites (tertiary alicyclic amines) is 1. The minimum Gasteiger partial charge on any atom is -0.480 e. The van der Waals surface area contributed by atoms with Gasteiger partial charge in [0.15, 0.2) is 0 Å². The van der Waals surface area contributed by atoms with Crippen LogP contribution < -0.4 is 5.32 Å². The first-order chi connectivity index (χ1) is 9.66. The van der Waals surface area contributed by atoms with E-state index in [-0.39, 0.29) is 18.9 Å². The Morgan fingerprint density at radius 2 is 1.95 bits per heavy atom. The van der Waals surface area contributed by atoms with Crippen LogP contribution in [0.3, 0.4) is 0 Å². The van der Waals surface area contributed by atoms with Crippen molar-refractivity contribution in [1.29, 1.82) is 0 Å². The van der Waals surface area contributed by atoms with Crippen LogP contribution in [-0.4, -0.2) is 66.0 Å². The molecule has 7 heteroatoms. The minimum absolute atomic E-state index is 0.0796. The largest absolute Gasteiger partial charge is 0.480 e. The maximum absolute atomic E-state index is 12.2. The van der Waals surface area contributed by atoms with Crippen LogP contribution in [0.4, 0.5) is 4.79 Å². The van der Waals surface area contributed by atoms with Gasteiger partial charge >= 0.3 is 12.0 Å². The van der Waals surface area contributed by atoms with Gasteiger partial charge in [-0.2, -0.15) is 0 Å². The molecule has 1 unspecified atom stereocenters. The Morgan fingerprint density at radius 1 is 1.33 bits per heavy atom. The first-order valence-electron chi connectivity index (χ1n) is 7.14. The molecule has 1 aliphatic rings. The van der Waals surface area contributed by atoms with Gasteiger partial charge in [0.1, 0.15) is 6.04 Å². The molecule has 0 spiro atoms. The third-order valence-electron chi connectivity index (χ3n) is 3.88. The highest BCUT2D eigenvalue weighted by Crippen LogP contribution is 2.35. The molecule has 1 rings (SSSR count). The zero-order valence-electron chi connectivity index (χ0n) is 13.2. The van der Waals surface area contributed by atoms with Crippen LogP contribution in [0.2, 0.25) is 0 Å². The molecule has 0 aromatic heterocycles. The molecule has 0 aliphatic carbocycles. The van der Waals surface area contributed by atoms with Crippen molar-refractivity contribution in [2.24, 2.45) is 5.41 Å². The first kappa shape index (κ1) is 17.3. The van der Waals surface area contributed by atoms with E-state index in [0.29, 0.717) is 6.54 Å². The van der Waals surface area contributed by atoms with E-state index >= 15 is 0 Å². The van der Waals surface area contributed by atoms with Crippen molar-refractivity contribution in [2.75, 3.05) is 27.2 Å². The summed E-state index contributed by atoms with van der Waals surface area (Å²) in [4.78, 5) is 37.9. The van der Waals surface area contributed by atoms with Gasteiger partial charge in [0.2, 0.25) is 5.91 Å². The van der Waals surface area contributed by atoms with Crippen molar-refractivity contribution >= 4 is 17.9 Å². The molecule has 1 atom stereocenters. The Balaban J connectivity index is 2.63. The summed E-state index contributed by atoms with van der Waals surface area (Å²) in [6.07, 6.45) is 1.75. The van der Waals surface area contributed by atoms with Gasteiger partial charge in [-0.05, 0) is 18.3 Å². The highest BCUT2D eigenvalue weighted by atomic mass is 16.4. The lowest BCUT2D eigenvalue weighted by atomic mass is 9.76. The summed E-state index contributed by atoms with van der Waals surface area (Å²) in [6, 6.07) is -1.25. The zero-order valence-corrected chi connectivity index (χ0v) is 13.2. The summed E-state index contributed by atoms with van der Waals surface area (Å²) in [5.41, 5.74) is -0.457. The van der Waals surface area contributed by atoms with E-state index in [9.17, 15) is 19.5 Å². The molecule has 21 heavy (non-hydrogen) atoms. The summed E-state index contributed by atoms with van der Waals surface area (Å²) in [6.45, 7) is 4.36. The standard InChI is InChI=1S/C14H25N3O4/c1-14(2)7-5-9-17(11(14)12(19)20)13(21)15-8-6-10(18)16(3)4/h11H,5-9H2,1-4H3,(H,15,21)(H,19,20). The van der Waals surface area contributed by atoms with Crippen molar-refractivity contribution in [3.63, 3.8) is 0 Å². The van der Waals surface area contributed by atoms with Crippen LogP contribution >= 0.6 is 0 Å². The fourth-order valence-corrected chi connectivity index (χ4v) is 2.68. The average molecular weight is 299 g/mol. The fourth-order valence-electron chi connectivity index (χ4n) is 2.68. The van der Waals surface area contributed by atoms with Crippen LogP contribution in [0.5, 0.6) is 0 Å². The number of carboxylic acid groups (broad SMARTS) is 1. The molecule has 0 aromatic carbocycles. The van der Waals surface area contributed by atoms with Crippen molar-refractivity contribution in [3.8, 4) is 0 Å². The zero-order chi connectivity index (χ0) is 16.2. The molecule has 120 valence electrons. The number of urea groups is 1. The van der Waals surface area contributed by atoms with Crippen LogP contribution in [0.15, 0.2) is 0 Å². The van der Waals surface area contributed by atoms with E-state index in [1.807, 2.05) is 13.8 Å². The summed E-state index contributed by atoms with van der Waals surface area (Å²) >= 11 is 0. The van der Waals surface area contributed by atoms with Gasteiger partial charge in [-0.1, -0.05) is 13.8 Å². The third-order valence-corrected chi connectivity index (χ3v) is 3.88. The van der Waals surface area contributed by atoms with Crippen LogP contribution in [0.1, 0.15) is 33.1 Å². The number of nitrogens with one attached hydrogen (secondary N) is 1. The quantitative estimate of drug-likeness (QED) is 0.801. The Kier molecular flexibility index (Phi) is 5.57. The van der Waals surface area contributed by atoms with Gasteiger partial charge in [-0.25, -0.2) is 9.59 Å². The Morgan fingerprint density at radius 3 is 2.48 bits per heavy atom. The van der Waals surface area contributed by atoms with E-state index in [1.165, 1.54) is 9.80 Å². The van der Waals surface area contributed by atoms with Crippen LogP contribution in [0, 0.1) is 5.41 Å². The molecule has 3 amide bonds. The van der Waals surface area contributed by atoms with Crippen LogP contribution in [0.25, 0.3) is 0 Å². The van der Waals surface area contributed by atoms with Crippen molar-refractivity contribution in [2.45, 2.75) is 39.2 Å². The highest BCUT2D eigenvalue weighted by Gasteiger charge is 2.44. The number of carbonyl (C=O) groups excluding carboxylic acids is 2. The van der Waals surface area contributed by atoms with Crippen molar-refractivity contribution in [1.82, 2.24) is 15.1 Å². The van der Waals surface area contributed by atoms with Gasteiger partial charge in [0.05, 0.1) is 0 Å². The molecule has 0 aromatic rings. The predicted octanol–water partition coefficient (Wildman–Crippen LogP) is 0.750. The summed E-state index contributed by atoms with van der Waals surface area (Å²) in [5, 5.41) is 12.0. The summed E-state index contributed by atoms with van der Waals surface area (Å²) < 4.78 is 0. The average Bonchev–Trinajstić information content (AvgIpc) is 2.36. The van der Waals surface area contributed by atoms with E-state index in [0.717, 1.165) is 12.8 Å². The first-order valence-corrected chi connectivity index (χ1v) is 7.14. The number of rotatable bonds is 4. The fraction of sp³-hybridized carbons (Fsp3) is 0.786. The van der Waals surface area contributed by atoms with Crippen molar-refractivity contribution in [3.05, 3.63) is 0 Å². The lowest BCUT2D eigenvalue weighted by Crippen LogP contribution is -2.58. The molecule has 0 bridgehead atoms. The summed E-state index contributed by atoms with van der Waals surface area (Å²) in [7, 11) is 3.30. The van der Waals surface area contributed by atoms with E-state index < -0.39 is 23.5 Å². The third kappa shape index (κ3) is 4.34. The lowest BCUT2D eigenvalue weighted by Gasteiger charge is -2.43. The highest BCUT2D eigenvalue weighted by molar-refractivity contribution is 5.84. The second-order valence-electron chi connectivity index (χ2n) is 6.30. The Labute approximate surface area is 125 Å². The van der Waals surface area contributed by atoms with Gasteiger partial charge in [-0.15, -0.1) is 0 Å². The van der Waals surface area contributed by atoms with Gasteiger partial charge in [-0.3, -0.25) is 4.79 Å². The lowest BCUT2D eigenvalue weighted by molar-refractivity contribution is -0.148. The number of hydrogen-bond acceptors (Lipinski definition) is 3. The number of hydrogen-bond donors (Lipinski definition) is 2. The van der Waals surface area contributed by atoms with Gasteiger partial charge < -0.3 is 20.2 Å². The Hall–Kier alpha value is -1.79. The molecule has 7 nitrogen and oxygen atoms in total. The number of carbonyl (C=O) groups is 3. The number of nitrogens with zero attached hydrogens (tertiary/aromatic N) is 2. The second-order valence-corrected chi connectivity index (χ2v) is 6.30. The number of aliphatic carboxylic acids is 1. The number of piperidine rings is 1. The minimum atomic E-state index is -0.987. The Bertz CT molecular complexity index is 420. The van der Waals surface area contributed by atoms with E-state index in [1.54, 1.807) is 14.1 Å². The normalized spacial score (nSPS) is 20.8. The van der Waals surface area contributed by atoms with Crippen LogP contribution in [-0.2, 0) is 9.59 Å².